The third-order valence-corrected chi connectivity index (χ3v) is 5.07. The molecule has 2 N–H and O–H groups in total. The highest BCUT2D eigenvalue weighted by Gasteiger charge is 2.52. The molecule has 5 nitrogen and oxygen atoms in total. The topological polar surface area (TPSA) is 67.0 Å². The summed E-state index contributed by atoms with van der Waals surface area (Å²) >= 11 is 0. The van der Waals surface area contributed by atoms with Crippen LogP contribution in [0.5, 0.6) is 0 Å². The second kappa shape index (κ2) is 6.02. The second-order valence-electron chi connectivity index (χ2n) is 6.61. The van der Waals surface area contributed by atoms with Crippen LogP contribution in [0.4, 0.5) is 10.2 Å². The highest BCUT2D eigenvalue weighted by Crippen LogP contribution is 2.49. The Bertz CT molecular complexity index is 748. The lowest BCUT2D eigenvalue weighted by Gasteiger charge is -2.20. The maximum Gasteiger partial charge on any atom is 0.236 e. The molecule has 1 saturated heterocycles. The Hall–Kier alpha value is -2.21. The number of rotatable bonds is 4. The first-order chi connectivity index (χ1) is 11.7. The number of carbonyl (C=O) groups excluding carboxylic acids is 1. The first-order valence-corrected chi connectivity index (χ1v) is 8.38. The standard InChI is InChI=1S/C18H20FN3O2/c19-14-4-2-1-3-13(14)18(7-8-18)17(23)20-16-11-15(21-22-16)12-5-9-24-10-6-12/h1-4,11-12H,5-10H2,(H2,20,21,22,23). The average Bonchev–Trinajstić information content (AvgIpc) is 3.29. The van der Waals surface area contributed by atoms with Crippen LogP contribution >= 0.6 is 0 Å². The van der Waals surface area contributed by atoms with Crippen molar-refractivity contribution in [3.63, 3.8) is 0 Å². The van der Waals surface area contributed by atoms with E-state index in [1.54, 1.807) is 18.2 Å². The van der Waals surface area contributed by atoms with E-state index < -0.39 is 5.41 Å². The largest absolute Gasteiger partial charge is 0.381 e. The summed E-state index contributed by atoms with van der Waals surface area (Å²) in [5.74, 6) is 0.384. The third-order valence-electron chi connectivity index (χ3n) is 5.07. The Morgan fingerprint density at radius 3 is 2.75 bits per heavy atom. The molecule has 1 aliphatic heterocycles. The van der Waals surface area contributed by atoms with Gasteiger partial charge in [0, 0.05) is 36.5 Å². The molecule has 6 heteroatoms. The molecule has 2 heterocycles. The van der Waals surface area contributed by atoms with Crippen LogP contribution in [0.15, 0.2) is 30.3 Å². The van der Waals surface area contributed by atoms with Crippen molar-refractivity contribution in [2.45, 2.75) is 37.0 Å². The van der Waals surface area contributed by atoms with Crippen molar-refractivity contribution in [3.8, 4) is 0 Å². The fourth-order valence-corrected chi connectivity index (χ4v) is 3.45. The van der Waals surface area contributed by atoms with Gasteiger partial charge in [-0.15, -0.1) is 0 Å². The molecule has 1 saturated carbocycles. The van der Waals surface area contributed by atoms with E-state index >= 15 is 0 Å². The minimum Gasteiger partial charge on any atom is -0.381 e. The van der Waals surface area contributed by atoms with Gasteiger partial charge in [-0.2, -0.15) is 5.10 Å². The van der Waals surface area contributed by atoms with Crippen LogP contribution in [-0.4, -0.2) is 29.3 Å². The van der Waals surface area contributed by atoms with Gasteiger partial charge in [0.1, 0.15) is 5.82 Å². The molecule has 126 valence electrons. The van der Waals surface area contributed by atoms with E-state index in [0.717, 1.165) is 31.7 Å². The van der Waals surface area contributed by atoms with Gasteiger partial charge < -0.3 is 10.1 Å². The molecular formula is C18H20FN3O2. The second-order valence-corrected chi connectivity index (χ2v) is 6.61. The number of nitrogens with one attached hydrogen (secondary N) is 2. The highest BCUT2D eigenvalue weighted by molar-refractivity contribution is 6.00. The molecule has 1 aliphatic carbocycles. The molecular weight excluding hydrogens is 309 g/mol. The number of carbonyl (C=O) groups is 1. The maximum absolute atomic E-state index is 14.1. The molecule has 1 aromatic carbocycles. The van der Waals surface area contributed by atoms with Crippen LogP contribution in [-0.2, 0) is 14.9 Å². The van der Waals surface area contributed by atoms with Gasteiger partial charge in [0.2, 0.25) is 5.91 Å². The monoisotopic (exact) mass is 329 g/mol. The fourth-order valence-electron chi connectivity index (χ4n) is 3.45. The first kappa shape index (κ1) is 15.3. The van der Waals surface area contributed by atoms with Crippen molar-refractivity contribution in [1.82, 2.24) is 10.2 Å². The van der Waals surface area contributed by atoms with Crippen molar-refractivity contribution >= 4 is 11.7 Å². The number of anilines is 1. The summed E-state index contributed by atoms with van der Waals surface area (Å²) in [4.78, 5) is 12.7. The quantitative estimate of drug-likeness (QED) is 0.906. The summed E-state index contributed by atoms with van der Waals surface area (Å²) < 4.78 is 19.4. The van der Waals surface area contributed by atoms with E-state index in [0.29, 0.717) is 30.1 Å². The zero-order valence-electron chi connectivity index (χ0n) is 13.3. The third kappa shape index (κ3) is 2.71. The molecule has 0 unspecified atom stereocenters. The molecule has 24 heavy (non-hydrogen) atoms. The maximum atomic E-state index is 14.1. The molecule has 2 aromatic rings. The molecule has 0 spiro atoms. The molecule has 0 bridgehead atoms. The van der Waals surface area contributed by atoms with Crippen molar-refractivity contribution in [2.75, 3.05) is 18.5 Å². The number of aromatic nitrogens is 2. The van der Waals surface area contributed by atoms with Gasteiger partial charge in [-0.1, -0.05) is 18.2 Å². The van der Waals surface area contributed by atoms with E-state index in [-0.39, 0.29) is 11.7 Å². The van der Waals surface area contributed by atoms with Crippen LogP contribution in [0.3, 0.4) is 0 Å². The number of amides is 1. The minimum absolute atomic E-state index is 0.183. The molecule has 4 rings (SSSR count). The van der Waals surface area contributed by atoms with Gasteiger partial charge >= 0.3 is 0 Å². The van der Waals surface area contributed by atoms with Gasteiger partial charge in [0.05, 0.1) is 5.41 Å². The van der Waals surface area contributed by atoms with Crippen LogP contribution in [0.2, 0.25) is 0 Å². The number of benzene rings is 1. The Balaban J connectivity index is 1.49. The number of hydrogen-bond acceptors (Lipinski definition) is 3. The van der Waals surface area contributed by atoms with Crippen LogP contribution < -0.4 is 5.32 Å². The number of nitrogens with zero attached hydrogens (tertiary/aromatic N) is 1. The molecule has 2 aliphatic rings. The van der Waals surface area contributed by atoms with E-state index in [4.69, 9.17) is 4.74 Å². The Morgan fingerprint density at radius 1 is 1.29 bits per heavy atom. The summed E-state index contributed by atoms with van der Waals surface area (Å²) in [6.07, 6.45) is 3.23. The highest BCUT2D eigenvalue weighted by atomic mass is 19.1. The Labute approximate surface area is 139 Å². The predicted molar refractivity (Wildman–Crippen MR) is 87.3 cm³/mol. The van der Waals surface area contributed by atoms with Crippen LogP contribution in [0.1, 0.15) is 42.9 Å². The summed E-state index contributed by atoms with van der Waals surface area (Å²) in [6.45, 7) is 1.50. The molecule has 1 aromatic heterocycles. The van der Waals surface area contributed by atoms with E-state index in [1.807, 2.05) is 6.07 Å². The number of hydrogen-bond donors (Lipinski definition) is 2. The van der Waals surface area contributed by atoms with Gasteiger partial charge in [-0.05, 0) is 31.7 Å². The summed E-state index contributed by atoms with van der Waals surface area (Å²) in [5, 5.41) is 10.1. The number of ether oxygens (including phenoxy) is 1. The first-order valence-electron chi connectivity index (χ1n) is 8.38. The normalized spacial score (nSPS) is 19.9. The zero-order chi connectivity index (χ0) is 16.6. The molecule has 0 radical (unpaired) electrons. The molecule has 2 fully saturated rings. The Kier molecular flexibility index (Phi) is 3.84. The molecule has 1 amide bonds. The SMILES string of the molecule is O=C(Nc1cc(C2CCOCC2)[nH]n1)C1(c2ccccc2F)CC1. The molecule has 0 atom stereocenters. The lowest BCUT2D eigenvalue weighted by Crippen LogP contribution is -2.28. The average molecular weight is 329 g/mol. The van der Waals surface area contributed by atoms with Crippen LogP contribution in [0, 0.1) is 5.82 Å². The lowest BCUT2D eigenvalue weighted by atomic mass is 9.94. The fraction of sp³-hybridized carbons (Fsp3) is 0.444. The van der Waals surface area contributed by atoms with E-state index in [2.05, 4.69) is 15.5 Å². The Morgan fingerprint density at radius 2 is 2.04 bits per heavy atom. The van der Waals surface area contributed by atoms with Crippen molar-refractivity contribution in [1.29, 1.82) is 0 Å². The van der Waals surface area contributed by atoms with E-state index in [9.17, 15) is 9.18 Å². The van der Waals surface area contributed by atoms with Gasteiger partial charge in [0.25, 0.3) is 0 Å². The smallest absolute Gasteiger partial charge is 0.236 e. The van der Waals surface area contributed by atoms with E-state index in [1.165, 1.54) is 6.07 Å². The number of halogens is 1. The van der Waals surface area contributed by atoms with Gasteiger partial charge in [0.15, 0.2) is 5.82 Å². The predicted octanol–water partition coefficient (Wildman–Crippen LogP) is 3.11. The van der Waals surface area contributed by atoms with Gasteiger partial charge in [-0.25, -0.2) is 4.39 Å². The summed E-state index contributed by atoms with van der Waals surface area (Å²) in [6, 6.07) is 8.38. The lowest BCUT2D eigenvalue weighted by molar-refractivity contribution is -0.118. The van der Waals surface area contributed by atoms with Crippen LogP contribution in [0.25, 0.3) is 0 Å². The van der Waals surface area contributed by atoms with Crippen molar-refractivity contribution < 1.29 is 13.9 Å². The van der Waals surface area contributed by atoms with Gasteiger partial charge in [-0.3, -0.25) is 9.89 Å². The number of H-pyrrole nitrogens is 1. The minimum atomic E-state index is -0.747. The summed E-state index contributed by atoms with van der Waals surface area (Å²) in [7, 11) is 0. The van der Waals surface area contributed by atoms with Crippen molar-refractivity contribution in [3.05, 3.63) is 47.4 Å². The summed E-state index contributed by atoms with van der Waals surface area (Å²) in [5.41, 5.74) is 0.746. The van der Waals surface area contributed by atoms with Crippen molar-refractivity contribution in [2.24, 2.45) is 0 Å². The zero-order valence-corrected chi connectivity index (χ0v) is 13.3. The number of aromatic amines is 1.